The van der Waals surface area contributed by atoms with Gasteiger partial charge in [0.05, 0.1) is 12.8 Å². The number of anilines is 1. The van der Waals surface area contributed by atoms with Crippen LogP contribution in [0.1, 0.15) is 18.1 Å². The van der Waals surface area contributed by atoms with E-state index in [4.69, 9.17) is 9.47 Å². The summed E-state index contributed by atoms with van der Waals surface area (Å²) in [6, 6.07) is 5.10. The van der Waals surface area contributed by atoms with Crippen LogP contribution in [0.3, 0.4) is 0 Å². The van der Waals surface area contributed by atoms with Crippen molar-refractivity contribution in [3.63, 3.8) is 0 Å². The van der Waals surface area contributed by atoms with Crippen LogP contribution in [-0.2, 0) is 23.5 Å². The van der Waals surface area contributed by atoms with Crippen molar-refractivity contribution in [1.82, 2.24) is 0 Å². The van der Waals surface area contributed by atoms with Gasteiger partial charge in [-0.3, -0.25) is 9.69 Å². The number of para-hydroxylation sites is 1. The quantitative estimate of drug-likeness (QED) is 0.415. The number of halogens is 1. The van der Waals surface area contributed by atoms with E-state index in [1.165, 1.54) is 19.1 Å². The fraction of sp³-hybridized carbons (Fsp3) is 0.467. The predicted molar refractivity (Wildman–Crippen MR) is 89.7 cm³/mol. The van der Waals surface area contributed by atoms with Gasteiger partial charge in [-0.05, 0) is 25.0 Å². The van der Waals surface area contributed by atoms with Crippen molar-refractivity contribution in [3.05, 3.63) is 29.3 Å². The van der Waals surface area contributed by atoms with E-state index in [0.717, 1.165) is 21.2 Å². The van der Waals surface area contributed by atoms with Crippen molar-refractivity contribution in [3.8, 4) is 0 Å². The first-order valence-electron chi connectivity index (χ1n) is 6.51. The number of carbonyl (C=O) groups is 2. The minimum Gasteiger partial charge on any atom is -0.467 e. The molecule has 1 unspecified atom stereocenters. The molecule has 0 spiro atoms. The van der Waals surface area contributed by atoms with Gasteiger partial charge in [-0.25, -0.2) is 4.79 Å². The van der Waals surface area contributed by atoms with Crippen LogP contribution in [0, 0.1) is 6.92 Å². The Labute approximate surface area is 138 Å². The third-order valence-corrected chi connectivity index (χ3v) is 3.99. The molecule has 0 aliphatic heterocycles. The first-order chi connectivity index (χ1) is 9.97. The van der Waals surface area contributed by atoms with Crippen molar-refractivity contribution >= 4 is 40.2 Å². The van der Waals surface area contributed by atoms with Gasteiger partial charge in [0.25, 0.3) is 5.91 Å². The Bertz CT molecular complexity index is 518. The van der Waals surface area contributed by atoms with Crippen molar-refractivity contribution in [2.75, 3.05) is 25.7 Å². The van der Waals surface area contributed by atoms with Crippen LogP contribution in [-0.4, -0.2) is 38.7 Å². The van der Waals surface area contributed by atoms with Crippen molar-refractivity contribution < 1.29 is 19.1 Å². The molecule has 21 heavy (non-hydrogen) atoms. The summed E-state index contributed by atoms with van der Waals surface area (Å²) in [5.41, 5.74) is 2.69. The summed E-state index contributed by atoms with van der Waals surface area (Å²) in [6.45, 7) is 3.49. The molecule has 1 amide bonds. The molecule has 116 valence electrons. The molecule has 0 N–H and O–H groups in total. The highest BCUT2D eigenvalue weighted by molar-refractivity contribution is 14.1. The van der Waals surface area contributed by atoms with Crippen molar-refractivity contribution in [2.45, 2.75) is 24.3 Å². The average molecular weight is 405 g/mol. The highest BCUT2D eigenvalue weighted by atomic mass is 127. The molecule has 0 aliphatic rings. The van der Waals surface area contributed by atoms with Gasteiger partial charge in [0.2, 0.25) is 0 Å². The second-order valence-corrected chi connectivity index (χ2v) is 5.37. The third kappa shape index (κ3) is 4.16. The number of ether oxygens (including phenoxy) is 2. The molecular weight excluding hydrogens is 385 g/mol. The molecule has 0 bridgehead atoms. The SMILES string of the molecule is COCC(=O)N(c1c(C)cccc1CI)C(C)C(=O)OC. The highest BCUT2D eigenvalue weighted by Gasteiger charge is 2.30. The first kappa shape index (κ1) is 17.9. The molecule has 0 aliphatic carbocycles. The molecule has 1 atom stereocenters. The topological polar surface area (TPSA) is 55.8 Å². The van der Waals surface area contributed by atoms with Gasteiger partial charge < -0.3 is 9.47 Å². The number of carbonyl (C=O) groups excluding carboxylic acids is 2. The lowest BCUT2D eigenvalue weighted by molar-refractivity contribution is -0.143. The van der Waals surface area contributed by atoms with Crippen molar-refractivity contribution in [2.24, 2.45) is 0 Å². The summed E-state index contributed by atoms with van der Waals surface area (Å²) in [4.78, 5) is 25.8. The van der Waals surface area contributed by atoms with Gasteiger partial charge in [0.1, 0.15) is 12.6 Å². The molecule has 0 aromatic heterocycles. The Hall–Kier alpha value is -1.15. The molecule has 0 saturated carbocycles. The Morgan fingerprint density at radius 1 is 1.33 bits per heavy atom. The number of aryl methyl sites for hydroxylation is 1. The number of nitrogens with zero attached hydrogens (tertiary/aromatic N) is 1. The van der Waals surface area contributed by atoms with Crippen LogP contribution in [0.15, 0.2) is 18.2 Å². The maximum absolute atomic E-state index is 12.4. The predicted octanol–water partition coefficient (Wildman–Crippen LogP) is 2.47. The van der Waals surface area contributed by atoms with E-state index in [0.29, 0.717) is 0 Å². The number of amides is 1. The maximum atomic E-state index is 12.4. The lowest BCUT2D eigenvalue weighted by Gasteiger charge is -2.30. The second-order valence-electron chi connectivity index (χ2n) is 4.61. The van der Waals surface area contributed by atoms with Gasteiger partial charge in [-0.15, -0.1) is 0 Å². The molecule has 6 heteroatoms. The monoisotopic (exact) mass is 405 g/mol. The summed E-state index contributed by atoms with van der Waals surface area (Å²) in [5, 5.41) is 0. The zero-order chi connectivity index (χ0) is 16.0. The van der Waals surface area contributed by atoms with Crippen LogP contribution in [0.25, 0.3) is 0 Å². The number of alkyl halides is 1. The molecule has 1 aromatic carbocycles. The highest BCUT2D eigenvalue weighted by Crippen LogP contribution is 2.29. The summed E-state index contributed by atoms with van der Waals surface area (Å²) >= 11 is 2.24. The summed E-state index contributed by atoms with van der Waals surface area (Å²) in [5.74, 6) is -0.724. The van der Waals surface area contributed by atoms with Gasteiger partial charge in [-0.1, -0.05) is 40.8 Å². The second kappa shape index (κ2) is 8.33. The number of benzene rings is 1. The minimum absolute atomic E-state index is 0.0870. The van der Waals surface area contributed by atoms with Crippen LogP contribution in [0.4, 0.5) is 5.69 Å². The smallest absolute Gasteiger partial charge is 0.328 e. The van der Waals surface area contributed by atoms with Gasteiger partial charge in [0.15, 0.2) is 0 Å². The molecule has 5 nitrogen and oxygen atoms in total. The maximum Gasteiger partial charge on any atom is 0.328 e. The Morgan fingerprint density at radius 2 is 2.00 bits per heavy atom. The fourth-order valence-corrected chi connectivity index (χ4v) is 2.79. The van der Waals surface area contributed by atoms with Crippen molar-refractivity contribution in [1.29, 1.82) is 0 Å². The van der Waals surface area contributed by atoms with E-state index in [-0.39, 0.29) is 12.5 Å². The van der Waals surface area contributed by atoms with Crippen LogP contribution in [0.5, 0.6) is 0 Å². The van der Waals surface area contributed by atoms with E-state index in [9.17, 15) is 9.59 Å². The van der Waals surface area contributed by atoms with Gasteiger partial charge in [0, 0.05) is 11.5 Å². The average Bonchev–Trinajstić information content (AvgIpc) is 2.48. The zero-order valence-corrected chi connectivity index (χ0v) is 14.8. The standard InChI is InChI=1S/C15H20INO4/c1-10-6-5-7-12(8-16)14(10)17(13(18)9-20-3)11(2)15(19)21-4/h5-7,11H,8-9H2,1-4H3. The zero-order valence-electron chi connectivity index (χ0n) is 12.7. The van der Waals surface area contributed by atoms with E-state index in [2.05, 4.69) is 22.6 Å². The number of esters is 1. The molecule has 1 rings (SSSR count). The molecule has 0 saturated heterocycles. The number of hydrogen-bond donors (Lipinski definition) is 0. The van der Waals surface area contributed by atoms with Crippen LogP contribution >= 0.6 is 22.6 Å². The number of rotatable bonds is 6. The van der Waals surface area contributed by atoms with E-state index in [1.54, 1.807) is 6.92 Å². The van der Waals surface area contributed by atoms with Gasteiger partial charge in [-0.2, -0.15) is 0 Å². The van der Waals surface area contributed by atoms with E-state index >= 15 is 0 Å². The Morgan fingerprint density at radius 3 is 2.52 bits per heavy atom. The molecule has 0 radical (unpaired) electrons. The number of methoxy groups -OCH3 is 2. The normalized spacial score (nSPS) is 11.9. The molecule has 0 heterocycles. The molecule has 1 aromatic rings. The summed E-state index contributed by atoms with van der Waals surface area (Å²) < 4.78 is 10.5. The largest absolute Gasteiger partial charge is 0.467 e. The number of hydrogen-bond acceptors (Lipinski definition) is 4. The fourth-order valence-electron chi connectivity index (χ4n) is 2.18. The Kier molecular flexibility index (Phi) is 7.10. The molecule has 0 fully saturated rings. The van der Waals surface area contributed by atoms with Crippen LogP contribution < -0.4 is 4.90 Å². The summed E-state index contributed by atoms with van der Waals surface area (Å²) in [7, 11) is 2.77. The lowest BCUT2D eigenvalue weighted by Crippen LogP contribution is -2.46. The Balaban J connectivity index is 3.37. The van der Waals surface area contributed by atoms with E-state index < -0.39 is 12.0 Å². The minimum atomic E-state index is -0.708. The first-order valence-corrected chi connectivity index (χ1v) is 8.03. The van der Waals surface area contributed by atoms with Gasteiger partial charge >= 0.3 is 5.97 Å². The van der Waals surface area contributed by atoms with Crippen LogP contribution in [0.2, 0.25) is 0 Å². The third-order valence-electron chi connectivity index (χ3n) is 3.17. The molecular formula is C15H20INO4. The summed E-state index contributed by atoms with van der Waals surface area (Å²) in [6.07, 6.45) is 0. The lowest BCUT2D eigenvalue weighted by atomic mass is 10.1. The van der Waals surface area contributed by atoms with E-state index in [1.807, 2.05) is 25.1 Å².